The first-order valence-electron chi connectivity index (χ1n) is 6.20. The van der Waals surface area contributed by atoms with Crippen LogP contribution in [0.1, 0.15) is 44.9 Å². The standard InChI is InChI=1S/C15H22O3/c1-6-10-9-11(7-8-12(10)18-5)13(16)14(17)15(2,3)4/h7-9,13,16H,6H2,1-5H3. The summed E-state index contributed by atoms with van der Waals surface area (Å²) in [6.45, 7) is 7.44. The lowest BCUT2D eigenvalue weighted by molar-refractivity contribution is -0.135. The van der Waals surface area contributed by atoms with Crippen LogP contribution in [0.2, 0.25) is 0 Å². The molecule has 0 saturated carbocycles. The Bertz CT molecular complexity index is 430. The van der Waals surface area contributed by atoms with E-state index in [2.05, 4.69) is 0 Å². The van der Waals surface area contributed by atoms with Gasteiger partial charge in [-0.1, -0.05) is 33.8 Å². The van der Waals surface area contributed by atoms with E-state index < -0.39 is 11.5 Å². The fourth-order valence-electron chi connectivity index (χ4n) is 1.81. The summed E-state index contributed by atoms with van der Waals surface area (Å²) in [5.41, 5.74) is 1.08. The first-order valence-corrected chi connectivity index (χ1v) is 6.20. The van der Waals surface area contributed by atoms with Gasteiger partial charge in [0.05, 0.1) is 7.11 Å². The van der Waals surface area contributed by atoms with Crippen molar-refractivity contribution in [3.63, 3.8) is 0 Å². The van der Waals surface area contributed by atoms with Crippen LogP contribution in [-0.2, 0) is 11.2 Å². The minimum Gasteiger partial charge on any atom is -0.496 e. The van der Waals surface area contributed by atoms with Gasteiger partial charge in [0.2, 0.25) is 0 Å². The molecular formula is C15H22O3. The average molecular weight is 250 g/mol. The fraction of sp³-hybridized carbons (Fsp3) is 0.533. The first kappa shape index (κ1) is 14.7. The van der Waals surface area contributed by atoms with Crippen molar-refractivity contribution in [2.45, 2.75) is 40.2 Å². The van der Waals surface area contributed by atoms with Gasteiger partial charge in [0.1, 0.15) is 11.9 Å². The highest BCUT2D eigenvalue weighted by molar-refractivity contribution is 5.88. The molecule has 0 fully saturated rings. The topological polar surface area (TPSA) is 46.5 Å². The molecule has 0 aliphatic heterocycles. The average Bonchev–Trinajstić information content (AvgIpc) is 2.34. The summed E-state index contributed by atoms with van der Waals surface area (Å²) < 4.78 is 5.23. The van der Waals surface area contributed by atoms with Crippen LogP contribution in [-0.4, -0.2) is 18.0 Å². The zero-order chi connectivity index (χ0) is 13.9. The Hall–Kier alpha value is -1.35. The molecule has 1 atom stereocenters. The Morgan fingerprint density at radius 1 is 1.39 bits per heavy atom. The van der Waals surface area contributed by atoms with Gasteiger partial charge in [-0.2, -0.15) is 0 Å². The molecule has 3 nitrogen and oxygen atoms in total. The van der Waals surface area contributed by atoms with Crippen molar-refractivity contribution in [1.29, 1.82) is 0 Å². The number of carbonyl (C=O) groups excluding carboxylic acids is 1. The van der Waals surface area contributed by atoms with Crippen LogP contribution in [0.5, 0.6) is 5.75 Å². The predicted octanol–water partition coefficient (Wildman–Crippen LogP) is 2.91. The van der Waals surface area contributed by atoms with Gasteiger partial charge in [0.25, 0.3) is 0 Å². The quantitative estimate of drug-likeness (QED) is 0.893. The molecule has 0 saturated heterocycles. The van der Waals surface area contributed by atoms with Crippen LogP contribution >= 0.6 is 0 Å². The van der Waals surface area contributed by atoms with E-state index in [4.69, 9.17) is 4.74 Å². The van der Waals surface area contributed by atoms with Gasteiger partial charge in [-0.15, -0.1) is 0 Å². The zero-order valence-corrected chi connectivity index (χ0v) is 11.8. The van der Waals surface area contributed by atoms with Crippen molar-refractivity contribution in [2.24, 2.45) is 5.41 Å². The number of methoxy groups -OCH3 is 1. The lowest BCUT2D eigenvalue weighted by Gasteiger charge is -2.21. The van der Waals surface area contributed by atoms with E-state index in [9.17, 15) is 9.90 Å². The predicted molar refractivity (Wildman–Crippen MR) is 71.8 cm³/mol. The number of aryl methyl sites for hydroxylation is 1. The normalized spacial score (nSPS) is 13.2. The van der Waals surface area contributed by atoms with E-state index in [1.807, 2.05) is 33.8 Å². The molecule has 0 amide bonds. The second kappa shape index (κ2) is 5.53. The molecule has 0 heterocycles. The molecule has 3 heteroatoms. The Labute approximate surface area is 109 Å². The summed E-state index contributed by atoms with van der Waals surface area (Å²) in [5.74, 6) is 0.617. The highest BCUT2D eigenvalue weighted by atomic mass is 16.5. The molecule has 0 radical (unpaired) electrons. The summed E-state index contributed by atoms with van der Waals surface area (Å²) in [5, 5.41) is 10.1. The number of aliphatic hydroxyl groups excluding tert-OH is 1. The lowest BCUT2D eigenvalue weighted by Crippen LogP contribution is -2.26. The van der Waals surface area contributed by atoms with Crippen molar-refractivity contribution < 1.29 is 14.6 Å². The third-order valence-electron chi connectivity index (χ3n) is 2.99. The third-order valence-corrected chi connectivity index (χ3v) is 2.99. The largest absolute Gasteiger partial charge is 0.496 e. The van der Waals surface area contributed by atoms with Crippen molar-refractivity contribution in [1.82, 2.24) is 0 Å². The monoisotopic (exact) mass is 250 g/mol. The van der Waals surface area contributed by atoms with E-state index in [0.717, 1.165) is 17.7 Å². The van der Waals surface area contributed by atoms with Crippen molar-refractivity contribution in [3.05, 3.63) is 29.3 Å². The van der Waals surface area contributed by atoms with E-state index in [1.165, 1.54) is 0 Å². The van der Waals surface area contributed by atoms with E-state index in [0.29, 0.717) is 5.56 Å². The van der Waals surface area contributed by atoms with Gasteiger partial charge >= 0.3 is 0 Å². The highest BCUT2D eigenvalue weighted by Gasteiger charge is 2.29. The molecule has 1 rings (SSSR count). The highest BCUT2D eigenvalue weighted by Crippen LogP contribution is 2.29. The Balaban J connectivity index is 3.07. The van der Waals surface area contributed by atoms with Gasteiger partial charge in [0.15, 0.2) is 5.78 Å². The van der Waals surface area contributed by atoms with E-state index in [-0.39, 0.29) is 5.78 Å². The molecule has 18 heavy (non-hydrogen) atoms. The van der Waals surface area contributed by atoms with Gasteiger partial charge < -0.3 is 9.84 Å². The zero-order valence-electron chi connectivity index (χ0n) is 11.8. The molecule has 1 aromatic rings. The van der Waals surface area contributed by atoms with Crippen LogP contribution in [0, 0.1) is 5.41 Å². The van der Waals surface area contributed by atoms with Crippen molar-refractivity contribution >= 4 is 5.78 Å². The number of carbonyl (C=O) groups is 1. The maximum absolute atomic E-state index is 12.0. The summed E-state index contributed by atoms with van der Waals surface area (Å²) in [6.07, 6.45) is -0.269. The molecule has 1 aromatic carbocycles. The number of aliphatic hydroxyl groups is 1. The summed E-state index contributed by atoms with van der Waals surface area (Å²) in [6, 6.07) is 5.38. The Morgan fingerprint density at radius 3 is 2.44 bits per heavy atom. The Morgan fingerprint density at radius 2 is 2.00 bits per heavy atom. The lowest BCUT2D eigenvalue weighted by atomic mass is 9.85. The molecule has 0 aliphatic rings. The second-order valence-corrected chi connectivity index (χ2v) is 5.44. The summed E-state index contributed by atoms with van der Waals surface area (Å²) >= 11 is 0. The number of Topliss-reactive ketones (excluding diaryl/α,β-unsaturated/α-hetero) is 1. The fourth-order valence-corrected chi connectivity index (χ4v) is 1.81. The van der Waals surface area contributed by atoms with Crippen LogP contribution in [0.4, 0.5) is 0 Å². The summed E-state index contributed by atoms with van der Waals surface area (Å²) in [7, 11) is 1.62. The molecule has 1 unspecified atom stereocenters. The van der Waals surface area contributed by atoms with Gasteiger partial charge in [-0.25, -0.2) is 0 Å². The van der Waals surface area contributed by atoms with Crippen molar-refractivity contribution in [3.8, 4) is 5.75 Å². The maximum Gasteiger partial charge on any atom is 0.171 e. The van der Waals surface area contributed by atoms with Gasteiger partial charge in [0, 0.05) is 5.41 Å². The smallest absolute Gasteiger partial charge is 0.171 e. The number of ether oxygens (including phenoxy) is 1. The van der Waals surface area contributed by atoms with E-state index >= 15 is 0 Å². The molecule has 0 bridgehead atoms. The molecule has 0 spiro atoms. The Kier molecular flexibility index (Phi) is 4.52. The molecular weight excluding hydrogens is 228 g/mol. The second-order valence-electron chi connectivity index (χ2n) is 5.44. The van der Waals surface area contributed by atoms with Crippen LogP contribution in [0.25, 0.3) is 0 Å². The number of hydrogen-bond donors (Lipinski definition) is 1. The SMILES string of the molecule is CCc1cc(C(O)C(=O)C(C)(C)C)ccc1OC. The molecule has 0 aromatic heterocycles. The number of benzene rings is 1. The molecule has 1 N–H and O–H groups in total. The number of hydrogen-bond acceptors (Lipinski definition) is 3. The molecule has 0 aliphatic carbocycles. The van der Waals surface area contributed by atoms with Crippen LogP contribution < -0.4 is 4.74 Å². The van der Waals surface area contributed by atoms with Crippen molar-refractivity contribution in [2.75, 3.05) is 7.11 Å². The minimum atomic E-state index is -1.07. The number of rotatable bonds is 4. The number of ketones is 1. The first-order chi connectivity index (χ1) is 8.31. The third kappa shape index (κ3) is 3.10. The maximum atomic E-state index is 12.0. The van der Waals surface area contributed by atoms with E-state index in [1.54, 1.807) is 19.2 Å². The van der Waals surface area contributed by atoms with Crippen LogP contribution in [0.3, 0.4) is 0 Å². The molecule has 100 valence electrons. The van der Waals surface area contributed by atoms with Gasteiger partial charge in [-0.3, -0.25) is 4.79 Å². The summed E-state index contributed by atoms with van der Waals surface area (Å²) in [4.78, 5) is 12.0. The van der Waals surface area contributed by atoms with Gasteiger partial charge in [-0.05, 0) is 29.7 Å². The minimum absolute atomic E-state index is 0.172. The van der Waals surface area contributed by atoms with Crippen LogP contribution in [0.15, 0.2) is 18.2 Å².